The molecule has 1 saturated heterocycles. The van der Waals surface area contributed by atoms with Gasteiger partial charge in [-0.25, -0.2) is 23.8 Å². The first-order chi connectivity index (χ1) is 19.0. The zero-order chi connectivity index (χ0) is 28.8. The first-order valence-corrected chi connectivity index (χ1v) is 12.7. The van der Waals surface area contributed by atoms with Crippen LogP contribution >= 0.6 is 0 Å². The normalized spacial score (nSPS) is 18.7. The lowest BCUT2D eigenvalue weighted by atomic mass is 9.95. The van der Waals surface area contributed by atoms with Crippen LogP contribution in [0.2, 0.25) is 0 Å². The second kappa shape index (κ2) is 10.1. The number of aliphatic hydroxyl groups is 1. The third-order valence-electron chi connectivity index (χ3n) is 6.74. The van der Waals surface area contributed by atoms with Gasteiger partial charge in [0.1, 0.15) is 11.4 Å². The highest BCUT2D eigenvalue weighted by Crippen LogP contribution is 2.35. The van der Waals surface area contributed by atoms with Crippen LogP contribution in [0.5, 0.6) is 0 Å². The van der Waals surface area contributed by atoms with Crippen LogP contribution in [-0.2, 0) is 11.3 Å². The Morgan fingerprint density at radius 2 is 2.00 bits per heavy atom. The van der Waals surface area contributed by atoms with Crippen LogP contribution in [0.1, 0.15) is 48.8 Å². The van der Waals surface area contributed by atoms with Crippen molar-refractivity contribution in [2.45, 2.75) is 45.4 Å². The van der Waals surface area contributed by atoms with Gasteiger partial charge in [-0.2, -0.15) is 15.6 Å². The van der Waals surface area contributed by atoms with Crippen LogP contribution in [0.4, 0.5) is 15.0 Å². The van der Waals surface area contributed by atoms with Crippen molar-refractivity contribution >= 4 is 17.8 Å². The molecule has 2 aliphatic rings. The number of hydrogen-bond acceptors (Lipinski definition) is 9. The van der Waals surface area contributed by atoms with Crippen LogP contribution in [-0.4, -0.2) is 61.6 Å². The molecule has 2 aromatic heterocycles. The van der Waals surface area contributed by atoms with Crippen molar-refractivity contribution in [3.63, 3.8) is 0 Å². The quantitative estimate of drug-likeness (QED) is 0.523. The summed E-state index contributed by atoms with van der Waals surface area (Å²) in [5.41, 5.74) is -0.178. The number of carbonyl (C=O) groups excluding carboxylic acids is 2. The number of β-amino-alcohol motifs (C(OH)–C–C–N with tert-alkyl or cyclic N) is 1. The van der Waals surface area contributed by atoms with Crippen LogP contribution in [0.3, 0.4) is 0 Å². The van der Waals surface area contributed by atoms with E-state index in [1.165, 1.54) is 28.9 Å². The van der Waals surface area contributed by atoms with Gasteiger partial charge in [-0.1, -0.05) is 6.07 Å². The molecule has 0 radical (unpaired) electrons. The molecule has 204 valence electrons. The van der Waals surface area contributed by atoms with E-state index in [1.807, 2.05) is 11.0 Å². The number of piperidine rings is 1. The number of imide groups is 1. The molecule has 12 heteroatoms. The Kier molecular flexibility index (Phi) is 6.74. The Bertz CT molecular complexity index is 1600. The van der Waals surface area contributed by atoms with Crippen molar-refractivity contribution in [3.8, 4) is 29.1 Å². The molecular weight excluding hydrogens is 517 g/mol. The molecule has 1 fully saturated rings. The van der Waals surface area contributed by atoms with Gasteiger partial charge in [0.25, 0.3) is 5.91 Å². The van der Waals surface area contributed by atoms with Crippen molar-refractivity contribution in [2.24, 2.45) is 5.92 Å². The zero-order valence-electron chi connectivity index (χ0n) is 22.1. The van der Waals surface area contributed by atoms with Gasteiger partial charge in [-0.3, -0.25) is 4.79 Å². The second-order valence-corrected chi connectivity index (χ2v) is 10.7. The van der Waals surface area contributed by atoms with Gasteiger partial charge < -0.3 is 14.7 Å². The number of nitriles is 2. The smallest absolute Gasteiger partial charge is 0.417 e. The van der Waals surface area contributed by atoms with Crippen molar-refractivity contribution in [1.29, 1.82) is 10.5 Å². The summed E-state index contributed by atoms with van der Waals surface area (Å²) in [6, 6.07) is 11.3. The Balaban J connectivity index is 1.60. The van der Waals surface area contributed by atoms with Gasteiger partial charge in [0.2, 0.25) is 0 Å². The Morgan fingerprint density at radius 3 is 2.67 bits per heavy atom. The molecule has 1 aromatic carbocycles. The highest BCUT2D eigenvalue weighted by Gasteiger charge is 2.39. The number of fused-ring (bicyclic) bond motifs is 1. The number of aromatic nitrogens is 3. The number of nitrogens with zero attached hydrogens (tertiary/aromatic N) is 7. The van der Waals surface area contributed by atoms with Gasteiger partial charge in [0.15, 0.2) is 5.82 Å². The molecular formula is C28H26FN7O4. The summed E-state index contributed by atoms with van der Waals surface area (Å²) < 4.78 is 21.8. The van der Waals surface area contributed by atoms with Crippen LogP contribution in [0.15, 0.2) is 36.5 Å². The minimum atomic E-state index is -0.845. The molecule has 0 unspecified atom stereocenters. The number of halogens is 1. The number of aliphatic hydroxyl groups excluding tert-OH is 1. The highest BCUT2D eigenvalue weighted by atomic mass is 19.1. The monoisotopic (exact) mass is 543 g/mol. The number of pyridine rings is 1. The lowest BCUT2D eigenvalue weighted by molar-refractivity contribution is 0.0247. The van der Waals surface area contributed by atoms with E-state index < -0.39 is 35.4 Å². The summed E-state index contributed by atoms with van der Waals surface area (Å²) in [7, 11) is 0. The van der Waals surface area contributed by atoms with Gasteiger partial charge in [0.05, 0.1) is 64.5 Å². The summed E-state index contributed by atoms with van der Waals surface area (Å²) in [6.07, 6.45) is 0.387. The average molecular weight is 544 g/mol. The van der Waals surface area contributed by atoms with Gasteiger partial charge >= 0.3 is 6.09 Å². The summed E-state index contributed by atoms with van der Waals surface area (Å²) >= 11 is 0. The number of ether oxygens (including phenoxy) is 1. The minimum absolute atomic E-state index is 0.0358. The van der Waals surface area contributed by atoms with Gasteiger partial charge in [0, 0.05) is 25.4 Å². The lowest BCUT2D eigenvalue weighted by Gasteiger charge is -2.32. The molecule has 4 heterocycles. The molecule has 0 saturated carbocycles. The predicted molar refractivity (Wildman–Crippen MR) is 140 cm³/mol. The fraction of sp³-hybridized carbons (Fsp3) is 0.357. The van der Waals surface area contributed by atoms with Crippen molar-refractivity contribution in [1.82, 2.24) is 19.7 Å². The first-order valence-electron chi connectivity index (χ1n) is 12.7. The van der Waals surface area contributed by atoms with Gasteiger partial charge in [-0.15, -0.1) is 0 Å². The number of carbonyl (C=O) groups is 2. The van der Waals surface area contributed by atoms with Crippen molar-refractivity contribution in [3.05, 3.63) is 59.2 Å². The first kappa shape index (κ1) is 26.8. The SMILES string of the molecule is CC(C)(C)OC(=O)N1Cc2nc(-c3c(F)cccc3C#N)cc(-n3ccc(N4CC[C@H](C#N)[C@@H](O)C4)n3)c2C1=O. The van der Waals surface area contributed by atoms with E-state index in [-0.39, 0.29) is 46.9 Å². The van der Waals surface area contributed by atoms with E-state index in [0.717, 1.165) is 4.90 Å². The maximum Gasteiger partial charge on any atom is 0.417 e. The van der Waals surface area contributed by atoms with Crippen molar-refractivity contribution in [2.75, 3.05) is 18.0 Å². The topological polar surface area (TPSA) is 148 Å². The molecule has 11 nitrogen and oxygen atoms in total. The molecule has 3 aromatic rings. The molecule has 0 spiro atoms. The van der Waals surface area contributed by atoms with Crippen LogP contribution in [0, 0.1) is 34.4 Å². The zero-order valence-corrected chi connectivity index (χ0v) is 22.1. The van der Waals surface area contributed by atoms with Crippen LogP contribution < -0.4 is 4.90 Å². The Morgan fingerprint density at radius 1 is 1.23 bits per heavy atom. The van der Waals surface area contributed by atoms with Crippen LogP contribution in [0.25, 0.3) is 16.9 Å². The largest absolute Gasteiger partial charge is 0.443 e. The third kappa shape index (κ3) is 4.85. The minimum Gasteiger partial charge on any atom is -0.443 e. The molecule has 1 N–H and O–H groups in total. The summed E-state index contributed by atoms with van der Waals surface area (Å²) in [6.45, 7) is 5.55. The van der Waals surface area contributed by atoms with E-state index in [2.05, 4.69) is 16.2 Å². The van der Waals surface area contributed by atoms with Gasteiger partial charge in [-0.05, 0) is 45.4 Å². The maximum absolute atomic E-state index is 15.0. The lowest BCUT2D eigenvalue weighted by Crippen LogP contribution is -2.43. The molecule has 0 aliphatic carbocycles. The second-order valence-electron chi connectivity index (χ2n) is 10.7. The number of rotatable bonds is 3. The highest BCUT2D eigenvalue weighted by molar-refractivity contribution is 6.08. The summed E-state index contributed by atoms with van der Waals surface area (Å²) in [5, 5.41) is 33.8. The molecule has 5 rings (SSSR count). The molecule has 2 amide bonds. The summed E-state index contributed by atoms with van der Waals surface area (Å²) in [4.78, 5) is 33.6. The fourth-order valence-electron chi connectivity index (χ4n) is 4.85. The van der Waals surface area contributed by atoms with E-state index in [4.69, 9.17) is 4.74 Å². The number of amides is 2. The van der Waals surface area contributed by atoms with E-state index in [0.29, 0.717) is 18.8 Å². The number of benzene rings is 1. The Hall–Kier alpha value is -4.81. The van der Waals surface area contributed by atoms with Crippen molar-refractivity contribution < 1.29 is 23.8 Å². The predicted octanol–water partition coefficient (Wildman–Crippen LogP) is 3.55. The molecule has 0 bridgehead atoms. The average Bonchev–Trinajstić information content (AvgIpc) is 3.52. The maximum atomic E-state index is 15.0. The molecule has 2 aliphatic heterocycles. The van der Waals surface area contributed by atoms with E-state index in [1.54, 1.807) is 33.0 Å². The van der Waals surface area contributed by atoms with E-state index >= 15 is 4.39 Å². The number of anilines is 1. The fourth-order valence-corrected chi connectivity index (χ4v) is 4.85. The number of hydrogen-bond donors (Lipinski definition) is 1. The molecule has 2 atom stereocenters. The standard InChI is InChI=1S/C28H26FN7O4/c1-28(2,3)40-27(39)35-14-20-25(26(35)38)21(11-19(32-20)24-17(13-31)5-4-6-18(24)29)36-10-8-23(33-36)34-9-7-16(12-30)22(37)15-34/h4-6,8,10-11,16,22,37H,7,9,14-15H2,1-3H3/t16-,22+/m1/s1. The Labute approximate surface area is 229 Å². The summed E-state index contributed by atoms with van der Waals surface area (Å²) in [5.74, 6) is -1.27. The van der Waals surface area contributed by atoms with E-state index in [9.17, 15) is 25.2 Å². The molecule has 40 heavy (non-hydrogen) atoms. The third-order valence-corrected chi connectivity index (χ3v) is 6.74.